The second-order valence-corrected chi connectivity index (χ2v) is 4.84. The SMILES string of the molecule is CC(=O)OC(Br)c1ccc(CS(=O)[O-])cc1. The number of carbonyl (C=O) groups is 1. The molecular weight excluding hydrogens is 296 g/mol. The van der Waals surface area contributed by atoms with E-state index in [1.54, 1.807) is 24.3 Å². The monoisotopic (exact) mass is 305 g/mol. The summed E-state index contributed by atoms with van der Waals surface area (Å²) in [5.41, 5.74) is 1.45. The maximum atomic E-state index is 10.7. The lowest BCUT2D eigenvalue weighted by molar-refractivity contribution is -0.142. The number of carbonyl (C=O) groups excluding carboxylic acids is 1. The van der Waals surface area contributed by atoms with E-state index < -0.39 is 16.1 Å². The maximum absolute atomic E-state index is 10.7. The first-order valence-electron chi connectivity index (χ1n) is 4.45. The summed E-state index contributed by atoms with van der Waals surface area (Å²) in [6.45, 7) is 1.32. The zero-order chi connectivity index (χ0) is 12.1. The summed E-state index contributed by atoms with van der Waals surface area (Å²) < 4.78 is 25.8. The highest BCUT2D eigenvalue weighted by Crippen LogP contribution is 2.24. The standard InChI is InChI=1S/C10H11BrO4S/c1-7(12)15-10(11)9-4-2-8(3-5-9)6-16(13)14/h2-5,10H,6H2,1H3,(H,13,14)/p-1. The summed E-state index contributed by atoms with van der Waals surface area (Å²) in [6.07, 6.45) is 0. The van der Waals surface area contributed by atoms with Crippen molar-refractivity contribution < 1.29 is 18.3 Å². The topological polar surface area (TPSA) is 66.4 Å². The Morgan fingerprint density at radius 2 is 2.06 bits per heavy atom. The average molecular weight is 306 g/mol. The molecule has 0 saturated heterocycles. The van der Waals surface area contributed by atoms with Crippen molar-refractivity contribution >= 4 is 33.0 Å². The first kappa shape index (κ1) is 13.3. The predicted octanol–water partition coefficient (Wildman–Crippen LogP) is 2.02. The van der Waals surface area contributed by atoms with Gasteiger partial charge in [0, 0.05) is 18.2 Å². The predicted molar refractivity (Wildman–Crippen MR) is 62.5 cm³/mol. The van der Waals surface area contributed by atoms with Gasteiger partial charge in [0.2, 0.25) is 0 Å². The van der Waals surface area contributed by atoms with Crippen LogP contribution in [-0.2, 0) is 26.4 Å². The molecule has 0 radical (unpaired) electrons. The van der Waals surface area contributed by atoms with Gasteiger partial charge in [0.1, 0.15) is 0 Å². The Morgan fingerprint density at radius 1 is 1.50 bits per heavy atom. The van der Waals surface area contributed by atoms with Crippen molar-refractivity contribution in [1.82, 2.24) is 0 Å². The fraction of sp³-hybridized carbons (Fsp3) is 0.300. The first-order chi connectivity index (χ1) is 7.49. The number of halogens is 1. The highest BCUT2D eigenvalue weighted by molar-refractivity contribution is 9.09. The van der Waals surface area contributed by atoms with Crippen LogP contribution in [-0.4, -0.2) is 14.7 Å². The van der Waals surface area contributed by atoms with Gasteiger partial charge in [0.05, 0.1) is 0 Å². The average Bonchev–Trinajstić information content (AvgIpc) is 2.16. The minimum atomic E-state index is -2.09. The van der Waals surface area contributed by atoms with E-state index >= 15 is 0 Å². The van der Waals surface area contributed by atoms with Crippen LogP contribution in [0.4, 0.5) is 0 Å². The number of rotatable bonds is 4. The molecule has 0 aliphatic carbocycles. The van der Waals surface area contributed by atoms with E-state index in [-0.39, 0.29) is 11.7 Å². The van der Waals surface area contributed by atoms with Crippen molar-refractivity contribution in [2.75, 3.05) is 0 Å². The van der Waals surface area contributed by atoms with E-state index in [4.69, 9.17) is 4.74 Å². The van der Waals surface area contributed by atoms with Crippen LogP contribution in [0.5, 0.6) is 0 Å². The number of hydrogen-bond acceptors (Lipinski definition) is 4. The molecule has 0 fully saturated rings. The Bertz CT molecular complexity index is 390. The van der Waals surface area contributed by atoms with E-state index in [1.165, 1.54) is 6.92 Å². The molecule has 16 heavy (non-hydrogen) atoms. The molecular formula is C10H10BrO4S-. The Balaban J connectivity index is 2.70. The van der Waals surface area contributed by atoms with Crippen molar-refractivity contribution in [3.05, 3.63) is 35.4 Å². The highest BCUT2D eigenvalue weighted by Gasteiger charge is 2.09. The molecule has 6 heteroatoms. The zero-order valence-corrected chi connectivity index (χ0v) is 10.9. The fourth-order valence-corrected chi connectivity index (χ4v) is 2.15. The van der Waals surface area contributed by atoms with Gasteiger partial charge in [-0.3, -0.25) is 9.00 Å². The zero-order valence-electron chi connectivity index (χ0n) is 8.51. The van der Waals surface area contributed by atoms with Gasteiger partial charge in [0.25, 0.3) is 0 Å². The van der Waals surface area contributed by atoms with Crippen LogP contribution in [0, 0.1) is 0 Å². The van der Waals surface area contributed by atoms with Crippen LogP contribution in [0.3, 0.4) is 0 Å². The van der Waals surface area contributed by atoms with E-state index in [2.05, 4.69) is 15.9 Å². The lowest BCUT2D eigenvalue weighted by Gasteiger charge is -2.11. The molecule has 0 N–H and O–H groups in total. The molecule has 1 aromatic carbocycles. The second-order valence-electron chi connectivity index (χ2n) is 3.12. The van der Waals surface area contributed by atoms with Gasteiger partial charge in [-0.2, -0.15) is 0 Å². The third kappa shape index (κ3) is 4.42. The van der Waals surface area contributed by atoms with Crippen molar-refractivity contribution in [2.45, 2.75) is 17.7 Å². The molecule has 4 nitrogen and oxygen atoms in total. The number of ether oxygens (including phenoxy) is 1. The van der Waals surface area contributed by atoms with Crippen molar-refractivity contribution in [3.8, 4) is 0 Å². The number of esters is 1. The minimum absolute atomic E-state index is 0.0131. The Morgan fingerprint density at radius 3 is 2.50 bits per heavy atom. The molecule has 0 aliphatic rings. The van der Waals surface area contributed by atoms with E-state index in [9.17, 15) is 13.6 Å². The van der Waals surface area contributed by atoms with Crippen LogP contribution in [0.1, 0.15) is 23.1 Å². The van der Waals surface area contributed by atoms with Crippen LogP contribution >= 0.6 is 15.9 Å². The largest absolute Gasteiger partial charge is 0.772 e. The van der Waals surface area contributed by atoms with Gasteiger partial charge >= 0.3 is 5.97 Å². The van der Waals surface area contributed by atoms with Gasteiger partial charge in [0.15, 0.2) is 5.01 Å². The molecule has 2 unspecified atom stereocenters. The number of alkyl halides is 1. The molecule has 1 aromatic rings. The van der Waals surface area contributed by atoms with Gasteiger partial charge in [-0.15, -0.1) is 0 Å². The van der Waals surface area contributed by atoms with Gasteiger partial charge < -0.3 is 9.29 Å². The molecule has 0 amide bonds. The lowest BCUT2D eigenvalue weighted by Crippen LogP contribution is -2.02. The van der Waals surface area contributed by atoms with Crippen molar-refractivity contribution in [2.24, 2.45) is 0 Å². The van der Waals surface area contributed by atoms with Crippen LogP contribution in [0.25, 0.3) is 0 Å². The van der Waals surface area contributed by atoms with Crippen molar-refractivity contribution in [3.63, 3.8) is 0 Å². The highest BCUT2D eigenvalue weighted by atomic mass is 79.9. The molecule has 0 heterocycles. The molecule has 0 saturated carbocycles. The first-order valence-corrected chi connectivity index (χ1v) is 6.61. The smallest absolute Gasteiger partial charge is 0.304 e. The molecule has 0 aliphatic heterocycles. The quantitative estimate of drug-likeness (QED) is 0.485. The van der Waals surface area contributed by atoms with E-state index in [0.717, 1.165) is 5.56 Å². The molecule has 2 atom stereocenters. The number of hydrogen-bond donors (Lipinski definition) is 0. The summed E-state index contributed by atoms with van der Waals surface area (Å²) in [5, 5.41) is -0.503. The summed E-state index contributed by atoms with van der Waals surface area (Å²) in [6, 6.07) is 6.79. The van der Waals surface area contributed by atoms with E-state index in [0.29, 0.717) is 5.56 Å². The molecule has 1 rings (SSSR count). The second kappa shape index (κ2) is 6.12. The molecule has 0 aromatic heterocycles. The summed E-state index contributed by atoms with van der Waals surface area (Å²) in [4.78, 5) is 10.7. The molecule has 88 valence electrons. The Hall–Kier alpha value is -0.720. The summed E-state index contributed by atoms with van der Waals surface area (Å²) in [7, 11) is 0. The third-order valence-electron chi connectivity index (χ3n) is 1.80. The van der Waals surface area contributed by atoms with Crippen molar-refractivity contribution in [1.29, 1.82) is 0 Å². The van der Waals surface area contributed by atoms with Gasteiger partial charge in [-0.05, 0) is 21.5 Å². The fourth-order valence-electron chi connectivity index (χ4n) is 1.12. The Kier molecular flexibility index (Phi) is 5.11. The third-order valence-corrected chi connectivity index (χ3v) is 3.08. The summed E-state index contributed by atoms with van der Waals surface area (Å²) in [5.74, 6) is -0.396. The van der Waals surface area contributed by atoms with Crippen LogP contribution in [0.2, 0.25) is 0 Å². The maximum Gasteiger partial charge on any atom is 0.304 e. The summed E-state index contributed by atoms with van der Waals surface area (Å²) >= 11 is 1.11. The minimum Gasteiger partial charge on any atom is -0.772 e. The van der Waals surface area contributed by atoms with E-state index in [1.807, 2.05) is 0 Å². The molecule has 0 bridgehead atoms. The van der Waals surface area contributed by atoms with Gasteiger partial charge in [-0.1, -0.05) is 35.3 Å². The van der Waals surface area contributed by atoms with Crippen LogP contribution in [0.15, 0.2) is 24.3 Å². The Labute approximate surface area is 104 Å². The number of benzene rings is 1. The van der Waals surface area contributed by atoms with Gasteiger partial charge in [-0.25, -0.2) is 0 Å². The molecule has 0 spiro atoms. The lowest BCUT2D eigenvalue weighted by atomic mass is 10.2. The van der Waals surface area contributed by atoms with Crippen LogP contribution < -0.4 is 0 Å². The normalized spacial score (nSPS) is 14.2.